The molecule has 2 N–H and O–H groups in total. The van der Waals surface area contributed by atoms with Gasteiger partial charge in [-0.25, -0.2) is 8.42 Å². The van der Waals surface area contributed by atoms with Crippen LogP contribution in [0.2, 0.25) is 0 Å². The Morgan fingerprint density at radius 2 is 1.55 bits per heavy atom. The summed E-state index contributed by atoms with van der Waals surface area (Å²) in [5.41, 5.74) is 1.50. The van der Waals surface area contributed by atoms with E-state index in [0.29, 0.717) is 25.4 Å². The van der Waals surface area contributed by atoms with E-state index >= 15 is 0 Å². The van der Waals surface area contributed by atoms with E-state index in [1.165, 1.54) is 0 Å². The summed E-state index contributed by atoms with van der Waals surface area (Å²) in [6.07, 6.45) is 0. The van der Waals surface area contributed by atoms with Crippen molar-refractivity contribution in [3.8, 4) is 11.5 Å². The maximum Gasteiger partial charge on any atom is 0.261 e. The van der Waals surface area contributed by atoms with Crippen molar-refractivity contribution < 1.29 is 17.9 Å². The summed E-state index contributed by atoms with van der Waals surface area (Å²) < 4.78 is 39.3. The predicted octanol–water partition coefficient (Wildman–Crippen LogP) is 4.82. The van der Waals surface area contributed by atoms with E-state index in [-0.39, 0.29) is 4.90 Å². The van der Waals surface area contributed by atoms with Gasteiger partial charge in [-0.05, 0) is 64.9 Å². The van der Waals surface area contributed by atoms with E-state index in [1.807, 2.05) is 72.8 Å². The van der Waals surface area contributed by atoms with Gasteiger partial charge in [0.05, 0.1) is 12.0 Å². The summed E-state index contributed by atoms with van der Waals surface area (Å²) in [4.78, 5) is 0.236. The number of hydrogen-bond acceptors (Lipinski definition) is 5. The average molecular weight is 463 g/mol. The third-order valence-electron chi connectivity index (χ3n) is 5.15. The van der Waals surface area contributed by atoms with Crippen LogP contribution in [0, 0.1) is 0 Å². The van der Waals surface area contributed by atoms with Crippen molar-refractivity contribution >= 4 is 26.5 Å². The number of hydrogen-bond donors (Lipinski definition) is 2. The van der Waals surface area contributed by atoms with Gasteiger partial charge in [-0.3, -0.25) is 4.72 Å². The van der Waals surface area contributed by atoms with Crippen LogP contribution in [0.4, 0.5) is 5.69 Å². The van der Waals surface area contributed by atoms with E-state index in [0.717, 1.165) is 27.8 Å². The fourth-order valence-electron chi connectivity index (χ4n) is 3.44. The molecule has 4 rings (SSSR count). The molecule has 0 amide bonds. The van der Waals surface area contributed by atoms with Gasteiger partial charge in [-0.1, -0.05) is 42.5 Å². The van der Waals surface area contributed by atoms with Crippen molar-refractivity contribution in [3.63, 3.8) is 0 Å². The van der Waals surface area contributed by atoms with Crippen LogP contribution in [-0.2, 0) is 16.6 Å². The van der Waals surface area contributed by atoms with E-state index < -0.39 is 10.0 Å². The van der Waals surface area contributed by atoms with Gasteiger partial charge in [0.2, 0.25) is 0 Å². The highest BCUT2D eigenvalue weighted by atomic mass is 32.2. The van der Waals surface area contributed by atoms with Crippen molar-refractivity contribution in [1.82, 2.24) is 5.32 Å². The molecule has 0 spiro atoms. The molecular weight excluding hydrogens is 436 g/mol. The lowest BCUT2D eigenvalue weighted by Crippen LogP contribution is -2.20. The molecule has 0 aliphatic heterocycles. The Labute approximate surface area is 194 Å². The second kappa shape index (κ2) is 10.4. The first-order valence-corrected chi connectivity index (χ1v) is 12.1. The van der Waals surface area contributed by atoms with E-state index in [9.17, 15) is 8.42 Å². The molecule has 0 saturated heterocycles. The zero-order valence-electron chi connectivity index (χ0n) is 18.3. The molecule has 6 nitrogen and oxygen atoms in total. The smallest absolute Gasteiger partial charge is 0.261 e. The van der Waals surface area contributed by atoms with Gasteiger partial charge in [-0.15, -0.1) is 0 Å². The molecular formula is C26H26N2O4S. The van der Waals surface area contributed by atoms with Crippen LogP contribution in [0.3, 0.4) is 0 Å². The van der Waals surface area contributed by atoms with Crippen LogP contribution in [-0.4, -0.2) is 28.7 Å². The maximum atomic E-state index is 12.9. The first-order chi connectivity index (χ1) is 16.0. The molecule has 0 fully saturated rings. The molecule has 0 aliphatic rings. The van der Waals surface area contributed by atoms with Crippen molar-refractivity contribution in [2.24, 2.45) is 0 Å². The molecule has 0 heterocycles. The first-order valence-electron chi connectivity index (χ1n) is 10.6. The highest BCUT2D eigenvalue weighted by molar-refractivity contribution is 7.92. The number of fused-ring (bicyclic) bond motifs is 1. The summed E-state index contributed by atoms with van der Waals surface area (Å²) >= 11 is 0. The third-order valence-corrected chi connectivity index (χ3v) is 6.53. The van der Waals surface area contributed by atoms with Crippen LogP contribution in [0.5, 0.6) is 11.5 Å². The predicted molar refractivity (Wildman–Crippen MR) is 131 cm³/mol. The van der Waals surface area contributed by atoms with Gasteiger partial charge in [0.25, 0.3) is 10.0 Å². The molecule has 7 heteroatoms. The van der Waals surface area contributed by atoms with E-state index in [2.05, 4.69) is 10.0 Å². The van der Waals surface area contributed by atoms with Gasteiger partial charge in [0.1, 0.15) is 18.1 Å². The Hall–Kier alpha value is -3.55. The monoisotopic (exact) mass is 462 g/mol. The largest absolute Gasteiger partial charge is 0.497 e. The zero-order valence-corrected chi connectivity index (χ0v) is 19.1. The van der Waals surface area contributed by atoms with Crippen molar-refractivity contribution in [1.29, 1.82) is 0 Å². The second-order valence-electron chi connectivity index (χ2n) is 7.52. The molecule has 4 aromatic rings. The number of ether oxygens (including phenoxy) is 2. The van der Waals surface area contributed by atoms with E-state index in [4.69, 9.17) is 9.47 Å². The zero-order chi connectivity index (χ0) is 23.1. The van der Waals surface area contributed by atoms with Gasteiger partial charge in [0, 0.05) is 18.8 Å². The lowest BCUT2D eigenvalue weighted by molar-refractivity contribution is 0.313. The molecule has 0 unspecified atom stereocenters. The normalized spacial score (nSPS) is 11.3. The minimum atomic E-state index is -3.69. The van der Waals surface area contributed by atoms with Crippen LogP contribution in [0.25, 0.3) is 10.8 Å². The Kier molecular flexibility index (Phi) is 7.12. The fraction of sp³-hybridized carbons (Fsp3) is 0.154. The molecule has 4 aromatic carbocycles. The van der Waals surface area contributed by atoms with Crippen molar-refractivity contribution in [2.45, 2.75) is 11.4 Å². The van der Waals surface area contributed by atoms with Crippen LogP contribution < -0.4 is 19.5 Å². The molecule has 0 atom stereocenters. The van der Waals surface area contributed by atoms with E-state index in [1.54, 1.807) is 25.3 Å². The number of anilines is 1. The Morgan fingerprint density at radius 3 is 2.33 bits per heavy atom. The second-order valence-corrected chi connectivity index (χ2v) is 9.20. The van der Waals surface area contributed by atoms with Crippen LogP contribution in [0.1, 0.15) is 5.56 Å². The Morgan fingerprint density at radius 1 is 0.788 bits per heavy atom. The Balaban J connectivity index is 1.31. The lowest BCUT2D eigenvalue weighted by atomic mass is 10.1. The third kappa shape index (κ3) is 6.03. The summed E-state index contributed by atoms with van der Waals surface area (Å²) in [7, 11) is -2.06. The van der Waals surface area contributed by atoms with Gasteiger partial charge in [-0.2, -0.15) is 0 Å². The summed E-state index contributed by atoms with van der Waals surface area (Å²) in [6, 6.07) is 27.6. The number of benzene rings is 4. The highest BCUT2D eigenvalue weighted by Crippen LogP contribution is 2.22. The summed E-state index contributed by atoms with van der Waals surface area (Å²) in [5.74, 6) is 1.57. The number of rotatable bonds is 10. The molecule has 0 aliphatic carbocycles. The number of methoxy groups -OCH3 is 1. The first kappa shape index (κ1) is 22.6. The number of nitrogens with one attached hydrogen (secondary N) is 2. The maximum absolute atomic E-state index is 12.9. The highest BCUT2D eigenvalue weighted by Gasteiger charge is 2.15. The van der Waals surface area contributed by atoms with Gasteiger partial charge >= 0.3 is 0 Å². The average Bonchev–Trinajstić information content (AvgIpc) is 2.84. The SMILES string of the molecule is COc1ccc(OCCNCc2cccc(NS(=O)(=O)c3ccc4ccccc4c3)c2)cc1. The van der Waals surface area contributed by atoms with Crippen molar-refractivity contribution in [2.75, 3.05) is 25.0 Å². The van der Waals surface area contributed by atoms with Crippen molar-refractivity contribution in [3.05, 3.63) is 96.6 Å². The summed E-state index contributed by atoms with van der Waals surface area (Å²) in [6.45, 7) is 1.76. The quantitative estimate of drug-likeness (QED) is 0.331. The fourth-order valence-corrected chi connectivity index (χ4v) is 4.52. The van der Waals surface area contributed by atoms with Crippen LogP contribution >= 0.6 is 0 Å². The van der Waals surface area contributed by atoms with Crippen LogP contribution in [0.15, 0.2) is 95.9 Å². The molecule has 0 aromatic heterocycles. The topological polar surface area (TPSA) is 76.7 Å². The number of sulfonamides is 1. The van der Waals surface area contributed by atoms with Gasteiger partial charge < -0.3 is 14.8 Å². The molecule has 170 valence electrons. The molecule has 0 radical (unpaired) electrons. The molecule has 33 heavy (non-hydrogen) atoms. The summed E-state index contributed by atoms with van der Waals surface area (Å²) in [5, 5.41) is 5.19. The molecule has 0 bridgehead atoms. The minimum absolute atomic E-state index is 0.236. The minimum Gasteiger partial charge on any atom is -0.497 e. The van der Waals surface area contributed by atoms with Gasteiger partial charge in [0.15, 0.2) is 0 Å². The Bertz CT molecular complexity index is 1320. The lowest BCUT2D eigenvalue weighted by Gasteiger charge is -2.11. The standard InChI is InChI=1S/C26H26N2O4S/c1-31-24-10-12-25(13-11-24)32-16-15-27-19-20-5-4-8-23(17-20)28-33(29,30)26-14-9-21-6-2-3-7-22(21)18-26/h2-14,17-18,27-28H,15-16,19H2,1H3. The molecule has 0 saturated carbocycles.